The lowest BCUT2D eigenvalue weighted by Gasteiger charge is -2.20. The minimum Gasteiger partial charge on any atom is -0.0622 e. The Labute approximate surface area is 243 Å². The summed E-state index contributed by atoms with van der Waals surface area (Å²) in [5, 5.41) is 13.4. The van der Waals surface area contributed by atoms with E-state index in [1.807, 2.05) is 0 Å². The summed E-state index contributed by atoms with van der Waals surface area (Å²) in [7, 11) is 0. The third-order valence-corrected chi connectivity index (χ3v) is 9.53. The minimum absolute atomic E-state index is 1.24. The summed E-state index contributed by atoms with van der Waals surface area (Å²) in [5.41, 5.74) is 10.5. The zero-order valence-electron chi connectivity index (χ0n) is 22.9. The number of benzene rings is 9. The second-order valence-electron chi connectivity index (χ2n) is 11.6. The Balaban J connectivity index is 1.40. The zero-order chi connectivity index (χ0) is 27.4. The lowest BCUT2D eigenvalue weighted by atomic mass is 9.83. The van der Waals surface area contributed by atoms with Gasteiger partial charge in [-0.1, -0.05) is 140 Å². The van der Waals surface area contributed by atoms with E-state index < -0.39 is 0 Å². The molecule has 9 aromatic rings. The van der Waals surface area contributed by atoms with Crippen molar-refractivity contribution in [2.75, 3.05) is 0 Å². The first-order chi connectivity index (χ1) is 20.9. The molecule has 10 rings (SSSR count). The summed E-state index contributed by atoms with van der Waals surface area (Å²) in [6.45, 7) is 0. The van der Waals surface area contributed by atoms with Crippen LogP contribution in [0, 0.1) is 0 Å². The van der Waals surface area contributed by atoms with Crippen molar-refractivity contribution in [3.8, 4) is 44.5 Å². The maximum Gasteiger partial charge on any atom is -0.000762 e. The van der Waals surface area contributed by atoms with Gasteiger partial charge in [0.05, 0.1) is 0 Å². The smallest absolute Gasteiger partial charge is 0.000762 e. The van der Waals surface area contributed by atoms with Gasteiger partial charge in [-0.15, -0.1) is 0 Å². The van der Waals surface area contributed by atoms with Crippen LogP contribution in [0.1, 0.15) is 0 Å². The van der Waals surface area contributed by atoms with Gasteiger partial charge in [-0.2, -0.15) is 0 Å². The Morgan fingerprint density at radius 2 is 0.905 bits per heavy atom. The van der Waals surface area contributed by atoms with Crippen LogP contribution in [-0.4, -0.2) is 0 Å². The molecule has 0 nitrogen and oxygen atoms in total. The van der Waals surface area contributed by atoms with Crippen LogP contribution in [0.25, 0.3) is 98.4 Å². The Morgan fingerprint density at radius 1 is 0.262 bits per heavy atom. The van der Waals surface area contributed by atoms with Crippen molar-refractivity contribution < 1.29 is 0 Å². The van der Waals surface area contributed by atoms with Crippen molar-refractivity contribution >= 4 is 53.9 Å². The van der Waals surface area contributed by atoms with Gasteiger partial charge in [-0.25, -0.2) is 0 Å². The van der Waals surface area contributed by atoms with Gasteiger partial charge >= 0.3 is 0 Å². The fourth-order valence-corrected chi connectivity index (χ4v) is 7.88. The first-order valence-electron chi connectivity index (χ1n) is 14.7. The van der Waals surface area contributed by atoms with Crippen molar-refractivity contribution in [1.29, 1.82) is 0 Å². The Kier molecular flexibility index (Phi) is 4.27. The molecule has 0 aromatic heterocycles. The Morgan fingerprint density at radius 3 is 1.76 bits per heavy atom. The molecular weight excluding hydrogens is 504 g/mol. The molecule has 0 fully saturated rings. The predicted molar refractivity (Wildman–Crippen MR) is 180 cm³/mol. The lowest BCUT2D eigenvalue weighted by Crippen LogP contribution is -1.92. The standard InChI is InChI=1S/C42H24/c1-2-10-25(11-3-1)28-15-4-5-16-29(28)30-22-23-36-40-31(30)19-9-20-33(40)32-17-8-14-27-24-37-34-18-6-12-26-13-7-21-35(38(26)34)41(37)42(36)39(27)32/h1-24H. The van der Waals surface area contributed by atoms with Crippen LogP contribution in [-0.2, 0) is 0 Å². The summed E-state index contributed by atoms with van der Waals surface area (Å²) in [6, 6.07) is 54.1. The highest BCUT2D eigenvalue weighted by atomic mass is 14.3. The molecule has 0 aliphatic heterocycles. The van der Waals surface area contributed by atoms with Crippen molar-refractivity contribution in [2.45, 2.75) is 0 Å². The van der Waals surface area contributed by atoms with Gasteiger partial charge in [0.1, 0.15) is 0 Å². The monoisotopic (exact) mass is 528 g/mol. The second-order valence-corrected chi connectivity index (χ2v) is 11.6. The van der Waals surface area contributed by atoms with Gasteiger partial charge in [0.25, 0.3) is 0 Å². The molecule has 0 saturated carbocycles. The highest BCUT2D eigenvalue weighted by Gasteiger charge is 2.27. The van der Waals surface area contributed by atoms with E-state index in [-0.39, 0.29) is 0 Å². The Bertz CT molecular complexity index is 2550. The van der Waals surface area contributed by atoms with E-state index in [0.717, 1.165) is 0 Å². The van der Waals surface area contributed by atoms with Crippen molar-refractivity contribution in [3.05, 3.63) is 146 Å². The SMILES string of the molecule is c1ccc(-c2ccccc2-c2ccc3c4c5c(cc6cccc(c7cccc2c73)c64)-c2cccc3cccc-5c23)cc1. The summed E-state index contributed by atoms with van der Waals surface area (Å²) >= 11 is 0. The quantitative estimate of drug-likeness (QED) is 0.155. The molecule has 0 heteroatoms. The molecule has 192 valence electrons. The van der Waals surface area contributed by atoms with Crippen LogP contribution in [0.2, 0.25) is 0 Å². The average molecular weight is 529 g/mol. The van der Waals surface area contributed by atoms with Crippen LogP contribution in [0.5, 0.6) is 0 Å². The third kappa shape index (κ3) is 2.77. The average Bonchev–Trinajstić information content (AvgIpc) is 3.38. The van der Waals surface area contributed by atoms with Crippen LogP contribution in [0.4, 0.5) is 0 Å². The number of fused-ring (bicyclic) bond motifs is 6. The molecule has 0 bridgehead atoms. The van der Waals surface area contributed by atoms with Gasteiger partial charge in [-0.05, 0) is 104 Å². The number of rotatable bonds is 2. The van der Waals surface area contributed by atoms with Crippen molar-refractivity contribution in [3.63, 3.8) is 0 Å². The summed E-state index contributed by atoms with van der Waals surface area (Å²) < 4.78 is 0. The molecule has 0 heterocycles. The molecular formula is C42H24. The van der Waals surface area contributed by atoms with E-state index in [4.69, 9.17) is 0 Å². The summed E-state index contributed by atoms with van der Waals surface area (Å²) in [6.07, 6.45) is 0. The highest BCUT2D eigenvalue weighted by molar-refractivity contribution is 6.39. The van der Waals surface area contributed by atoms with Crippen LogP contribution in [0.15, 0.2) is 146 Å². The minimum atomic E-state index is 1.24. The summed E-state index contributed by atoms with van der Waals surface area (Å²) in [5.74, 6) is 0. The maximum absolute atomic E-state index is 2.43. The Hall–Kier alpha value is -5.46. The van der Waals surface area contributed by atoms with Gasteiger partial charge in [0.2, 0.25) is 0 Å². The van der Waals surface area contributed by atoms with Crippen LogP contribution >= 0.6 is 0 Å². The van der Waals surface area contributed by atoms with Crippen molar-refractivity contribution in [2.24, 2.45) is 0 Å². The predicted octanol–water partition coefficient (Wildman–Crippen LogP) is 11.9. The first kappa shape index (κ1) is 22.3. The summed E-state index contributed by atoms with van der Waals surface area (Å²) in [4.78, 5) is 0. The lowest BCUT2D eigenvalue weighted by molar-refractivity contribution is 1.60. The van der Waals surface area contributed by atoms with E-state index in [2.05, 4.69) is 146 Å². The number of hydrogen-bond acceptors (Lipinski definition) is 0. The van der Waals surface area contributed by atoms with Gasteiger partial charge in [0.15, 0.2) is 0 Å². The molecule has 42 heavy (non-hydrogen) atoms. The largest absolute Gasteiger partial charge is 0.0622 e. The van der Waals surface area contributed by atoms with E-state index in [9.17, 15) is 0 Å². The van der Waals surface area contributed by atoms with Crippen LogP contribution < -0.4 is 0 Å². The second kappa shape index (κ2) is 8.06. The molecule has 0 amide bonds. The zero-order valence-corrected chi connectivity index (χ0v) is 22.9. The van der Waals surface area contributed by atoms with Gasteiger partial charge in [0, 0.05) is 0 Å². The maximum atomic E-state index is 2.43. The normalized spacial score (nSPS) is 12.3. The molecule has 0 saturated heterocycles. The molecule has 1 aliphatic carbocycles. The molecule has 9 aromatic carbocycles. The molecule has 0 spiro atoms. The molecule has 1 aliphatic rings. The third-order valence-electron chi connectivity index (χ3n) is 9.53. The van der Waals surface area contributed by atoms with E-state index in [0.29, 0.717) is 0 Å². The topological polar surface area (TPSA) is 0 Å². The van der Waals surface area contributed by atoms with Gasteiger partial charge < -0.3 is 0 Å². The van der Waals surface area contributed by atoms with Crippen molar-refractivity contribution in [1.82, 2.24) is 0 Å². The molecule has 0 radical (unpaired) electrons. The first-order valence-corrected chi connectivity index (χ1v) is 14.7. The molecule has 0 N–H and O–H groups in total. The fraction of sp³-hybridized carbons (Fsp3) is 0. The van der Waals surface area contributed by atoms with E-state index in [1.165, 1.54) is 98.4 Å². The highest BCUT2D eigenvalue weighted by Crippen LogP contribution is 2.55. The number of hydrogen-bond donors (Lipinski definition) is 0. The van der Waals surface area contributed by atoms with Crippen LogP contribution in [0.3, 0.4) is 0 Å². The van der Waals surface area contributed by atoms with Gasteiger partial charge in [-0.3, -0.25) is 0 Å². The molecule has 0 unspecified atom stereocenters. The van der Waals surface area contributed by atoms with E-state index >= 15 is 0 Å². The van der Waals surface area contributed by atoms with E-state index in [1.54, 1.807) is 0 Å². The fourth-order valence-electron chi connectivity index (χ4n) is 7.88. The molecule has 0 atom stereocenters.